The van der Waals surface area contributed by atoms with Crippen molar-refractivity contribution in [1.82, 2.24) is 0 Å². The van der Waals surface area contributed by atoms with Gasteiger partial charge in [-0.15, -0.1) is 0 Å². The molecule has 62 heavy (non-hydrogen) atoms. The maximum atomic E-state index is 6.30. The van der Waals surface area contributed by atoms with Crippen LogP contribution in [-0.4, -0.2) is 0 Å². The molecule has 0 atom stereocenters. The van der Waals surface area contributed by atoms with Crippen LogP contribution in [0.1, 0.15) is 0 Å². The molecule has 1 heterocycles. The molecule has 0 unspecified atom stereocenters. The monoisotopic (exact) mass is 789 g/mol. The van der Waals surface area contributed by atoms with Crippen molar-refractivity contribution in [3.8, 4) is 44.7 Å². The van der Waals surface area contributed by atoms with Crippen LogP contribution in [0.3, 0.4) is 0 Å². The van der Waals surface area contributed by atoms with E-state index in [0.29, 0.717) is 0 Å². The van der Waals surface area contributed by atoms with Gasteiger partial charge in [-0.05, 0) is 132 Å². The minimum atomic E-state index is 0.868. The van der Waals surface area contributed by atoms with Crippen LogP contribution >= 0.6 is 0 Å². The Hall–Kier alpha value is -8.20. The zero-order chi connectivity index (χ0) is 41.0. The number of rotatable bonds is 7. The van der Waals surface area contributed by atoms with Gasteiger partial charge in [0.15, 0.2) is 0 Å². The van der Waals surface area contributed by atoms with Crippen molar-refractivity contribution in [2.24, 2.45) is 0 Å². The summed E-state index contributed by atoms with van der Waals surface area (Å²) >= 11 is 0. The number of anilines is 3. The summed E-state index contributed by atoms with van der Waals surface area (Å²) < 4.78 is 6.30. The molecule has 0 aliphatic heterocycles. The van der Waals surface area contributed by atoms with Gasteiger partial charge in [0.2, 0.25) is 0 Å². The summed E-state index contributed by atoms with van der Waals surface area (Å²) in [5.41, 5.74) is 12.3. The lowest BCUT2D eigenvalue weighted by molar-refractivity contribution is 0.631. The van der Waals surface area contributed by atoms with E-state index in [4.69, 9.17) is 4.42 Å². The number of nitrogens with zero attached hydrogens (tertiary/aromatic N) is 1. The molecule has 290 valence electrons. The number of benzene rings is 11. The van der Waals surface area contributed by atoms with Gasteiger partial charge in [0.1, 0.15) is 11.3 Å². The first-order chi connectivity index (χ1) is 30.7. The molecule has 0 bridgehead atoms. The van der Waals surface area contributed by atoms with Gasteiger partial charge < -0.3 is 9.32 Å². The van der Waals surface area contributed by atoms with Gasteiger partial charge in [0.25, 0.3) is 0 Å². The van der Waals surface area contributed by atoms with Crippen LogP contribution < -0.4 is 4.90 Å². The van der Waals surface area contributed by atoms with Crippen LogP contribution in [0, 0.1) is 0 Å². The third-order valence-electron chi connectivity index (χ3n) is 12.4. The molecule has 1 aromatic heterocycles. The molecule has 12 aromatic rings. The summed E-state index contributed by atoms with van der Waals surface area (Å²) in [4.78, 5) is 2.40. The standard InChI is InChI=1S/C60H39NO/c1-2-12-44-36-45(22-20-40(44)10-1)41-24-29-51(30-25-41)61(52-31-26-42(27-32-52)46-28-33-54-48(37-46)23-21-43-11-3-5-16-53(43)54)58-35-34-55(56-17-6-7-18-57(56)58)47-14-9-15-49(38-47)60-39-50-13-4-8-19-59(50)62-60/h1-39H. The molecular formula is C60H39NO. The normalized spacial score (nSPS) is 11.5. The molecule has 0 N–H and O–H groups in total. The Labute approximate surface area is 360 Å². The number of furan rings is 1. The highest BCUT2D eigenvalue weighted by Gasteiger charge is 2.19. The summed E-state index contributed by atoms with van der Waals surface area (Å²) in [5.74, 6) is 0.868. The van der Waals surface area contributed by atoms with Crippen LogP contribution in [0.25, 0.3) is 98.8 Å². The van der Waals surface area contributed by atoms with E-state index in [0.717, 1.165) is 44.9 Å². The molecule has 0 saturated heterocycles. The van der Waals surface area contributed by atoms with Crippen molar-refractivity contribution < 1.29 is 4.42 Å². The molecular weight excluding hydrogens is 751 g/mol. The highest BCUT2D eigenvalue weighted by molar-refractivity contribution is 6.09. The Kier molecular flexibility index (Phi) is 8.53. The third-order valence-corrected chi connectivity index (χ3v) is 12.4. The van der Waals surface area contributed by atoms with Crippen LogP contribution in [-0.2, 0) is 0 Å². The molecule has 0 aliphatic rings. The van der Waals surface area contributed by atoms with E-state index >= 15 is 0 Å². The van der Waals surface area contributed by atoms with E-state index in [-0.39, 0.29) is 0 Å². The van der Waals surface area contributed by atoms with Crippen LogP contribution in [0.4, 0.5) is 17.1 Å². The minimum Gasteiger partial charge on any atom is -0.456 e. The Balaban J connectivity index is 0.963. The second-order valence-electron chi connectivity index (χ2n) is 16.1. The van der Waals surface area contributed by atoms with Crippen LogP contribution in [0.2, 0.25) is 0 Å². The van der Waals surface area contributed by atoms with Crippen LogP contribution in [0.15, 0.2) is 241 Å². The van der Waals surface area contributed by atoms with Gasteiger partial charge in [-0.1, -0.05) is 176 Å². The lowest BCUT2D eigenvalue weighted by Crippen LogP contribution is -2.10. The van der Waals surface area contributed by atoms with E-state index in [2.05, 4.69) is 229 Å². The predicted octanol–water partition coefficient (Wildman–Crippen LogP) is 17.2. The molecule has 11 aromatic carbocycles. The average Bonchev–Trinajstić information content (AvgIpc) is 3.79. The SMILES string of the molecule is c1cc(-c2cc3ccccc3o2)cc(-c2ccc(N(c3ccc(-c4ccc5ccccc5c4)cc3)c3ccc(-c4ccc5c(ccc6ccccc65)c4)cc3)c3ccccc23)c1. The zero-order valence-electron chi connectivity index (χ0n) is 33.9. The van der Waals surface area contributed by atoms with Crippen molar-refractivity contribution in [2.75, 3.05) is 4.90 Å². The quantitative estimate of drug-likeness (QED) is 0.150. The van der Waals surface area contributed by atoms with Gasteiger partial charge in [0.05, 0.1) is 5.69 Å². The highest BCUT2D eigenvalue weighted by Crippen LogP contribution is 2.44. The van der Waals surface area contributed by atoms with Gasteiger partial charge in [0, 0.05) is 27.7 Å². The fourth-order valence-electron chi connectivity index (χ4n) is 9.29. The van der Waals surface area contributed by atoms with Crippen molar-refractivity contribution in [2.45, 2.75) is 0 Å². The lowest BCUT2D eigenvalue weighted by atomic mass is 9.94. The van der Waals surface area contributed by atoms with Crippen LogP contribution in [0.5, 0.6) is 0 Å². The van der Waals surface area contributed by atoms with E-state index in [1.54, 1.807) is 0 Å². The maximum Gasteiger partial charge on any atom is 0.135 e. The topological polar surface area (TPSA) is 16.4 Å². The molecule has 0 saturated carbocycles. The Bertz CT molecular complexity index is 3600. The summed E-state index contributed by atoms with van der Waals surface area (Å²) in [5, 5.41) is 11.0. The molecule has 12 rings (SSSR count). The predicted molar refractivity (Wildman–Crippen MR) is 263 cm³/mol. The van der Waals surface area contributed by atoms with E-state index in [1.807, 2.05) is 12.1 Å². The number of para-hydroxylation sites is 1. The molecule has 2 nitrogen and oxygen atoms in total. The number of hydrogen-bond donors (Lipinski definition) is 0. The van der Waals surface area contributed by atoms with Gasteiger partial charge >= 0.3 is 0 Å². The van der Waals surface area contributed by atoms with Crippen molar-refractivity contribution in [3.63, 3.8) is 0 Å². The number of hydrogen-bond acceptors (Lipinski definition) is 2. The maximum absolute atomic E-state index is 6.30. The molecule has 0 amide bonds. The third kappa shape index (κ3) is 6.29. The van der Waals surface area contributed by atoms with E-state index in [9.17, 15) is 0 Å². The smallest absolute Gasteiger partial charge is 0.135 e. The van der Waals surface area contributed by atoms with Crippen molar-refractivity contribution in [1.29, 1.82) is 0 Å². The largest absolute Gasteiger partial charge is 0.456 e. The first kappa shape index (κ1) is 35.7. The van der Waals surface area contributed by atoms with Gasteiger partial charge in [-0.3, -0.25) is 0 Å². The summed E-state index contributed by atoms with van der Waals surface area (Å²) in [6.07, 6.45) is 0. The fraction of sp³-hybridized carbons (Fsp3) is 0. The molecule has 0 radical (unpaired) electrons. The average molecular weight is 790 g/mol. The molecule has 0 spiro atoms. The minimum absolute atomic E-state index is 0.868. The second-order valence-corrected chi connectivity index (χ2v) is 16.1. The second kappa shape index (κ2) is 14.8. The Morgan fingerprint density at radius 1 is 0.274 bits per heavy atom. The molecule has 0 fully saturated rings. The number of fused-ring (bicyclic) bond motifs is 6. The lowest BCUT2D eigenvalue weighted by Gasteiger charge is -2.28. The van der Waals surface area contributed by atoms with Gasteiger partial charge in [-0.25, -0.2) is 0 Å². The fourth-order valence-corrected chi connectivity index (χ4v) is 9.29. The van der Waals surface area contributed by atoms with E-state index < -0.39 is 0 Å². The van der Waals surface area contributed by atoms with Crippen molar-refractivity contribution in [3.05, 3.63) is 237 Å². The summed E-state index contributed by atoms with van der Waals surface area (Å²) in [7, 11) is 0. The Morgan fingerprint density at radius 3 is 1.58 bits per heavy atom. The molecule has 0 aliphatic carbocycles. The zero-order valence-corrected chi connectivity index (χ0v) is 33.9. The summed E-state index contributed by atoms with van der Waals surface area (Å²) in [6.45, 7) is 0. The highest BCUT2D eigenvalue weighted by atomic mass is 16.3. The first-order valence-corrected chi connectivity index (χ1v) is 21.2. The van der Waals surface area contributed by atoms with E-state index in [1.165, 1.54) is 70.9 Å². The summed E-state index contributed by atoms with van der Waals surface area (Å²) in [6, 6.07) is 85.6. The van der Waals surface area contributed by atoms with Crippen molar-refractivity contribution >= 4 is 71.1 Å². The first-order valence-electron chi connectivity index (χ1n) is 21.2. The van der Waals surface area contributed by atoms with Gasteiger partial charge in [-0.2, -0.15) is 0 Å². The Morgan fingerprint density at radius 2 is 0.823 bits per heavy atom. The molecule has 2 heteroatoms.